The smallest absolute Gasteiger partial charge is 0.307 e. The van der Waals surface area contributed by atoms with Gasteiger partial charge in [-0.15, -0.1) is 0 Å². The van der Waals surface area contributed by atoms with Crippen molar-refractivity contribution in [3.05, 3.63) is 37.5 Å². The number of aromatic hydroxyl groups is 1. The molecular formula is C19H25N7O2S. The zero-order valence-electron chi connectivity index (χ0n) is 16.6. The molecule has 0 aliphatic heterocycles. The van der Waals surface area contributed by atoms with E-state index in [9.17, 15) is 9.90 Å². The van der Waals surface area contributed by atoms with Gasteiger partial charge in [0, 0.05) is 24.4 Å². The highest BCUT2D eigenvalue weighted by molar-refractivity contribution is 7.10. The Labute approximate surface area is 171 Å². The fourth-order valence-electron chi connectivity index (χ4n) is 3.09. The fourth-order valence-corrected chi connectivity index (χ4v) is 3.77. The number of aromatic amines is 1. The van der Waals surface area contributed by atoms with Crippen molar-refractivity contribution in [2.24, 2.45) is 4.99 Å². The molecule has 3 heterocycles. The lowest BCUT2D eigenvalue weighted by Gasteiger charge is -2.18. The minimum absolute atomic E-state index is 0.143. The molecule has 3 aromatic heterocycles. The van der Waals surface area contributed by atoms with Gasteiger partial charge >= 0.3 is 4.87 Å². The second-order valence-corrected chi connectivity index (χ2v) is 8.04. The summed E-state index contributed by atoms with van der Waals surface area (Å²) in [7, 11) is 0. The van der Waals surface area contributed by atoms with Crippen molar-refractivity contribution >= 4 is 28.9 Å². The summed E-state index contributed by atoms with van der Waals surface area (Å²) in [6.45, 7) is 8.04. The van der Waals surface area contributed by atoms with Crippen molar-refractivity contribution in [2.45, 2.75) is 32.7 Å². The van der Waals surface area contributed by atoms with Crippen molar-refractivity contribution in [3.63, 3.8) is 0 Å². The van der Waals surface area contributed by atoms with Crippen LogP contribution in [0.25, 0.3) is 11.7 Å². The third kappa shape index (κ3) is 4.48. The van der Waals surface area contributed by atoms with E-state index in [1.807, 2.05) is 6.07 Å². The van der Waals surface area contributed by atoms with E-state index in [1.165, 1.54) is 0 Å². The average Bonchev–Trinajstić information content (AvgIpc) is 3.34. The van der Waals surface area contributed by atoms with Gasteiger partial charge in [-0.3, -0.25) is 14.8 Å². The molecule has 1 saturated carbocycles. The van der Waals surface area contributed by atoms with E-state index < -0.39 is 0 Å². The summed E-state index contributed by atoms with van der Waals surface area (Å²) in [5, 5.41) is 18.4. The monoisotopic (exact) mass is 415 g/mol. The number of nitrogens with zero attached hydrogens (tertiary/aromatic N) is 5. The maximum Gasteiger partial charge on any atom is 0.307 e. The molecule has 1 aliphatic carbocycles. The molecule has 0 amide bonds. The minimum atomic E-state index is -0.304. The van der Waals surface area contributed by atoms with Crippen molar-refractivity contribution in [3.8, 4) is 5.88 Å². The van der Waals surface area contributed by atoms with Gasteiger partial charge in [-0.25, -0.2) is 4.98 Å². The van der Waals surface area contributed by atoms with Crippen LogP contribution in [0, 0.1) is 0 Å². The lowest BCUT2D eigenvalue weighted by atomic mass is 10.3. The number of aromatic nitrogens is 4. The summed E-state index contributed by atoms with van der Waals surface area (Å²) in [6, 6.07) is 2.27. The number of likely N-dealkylation sites (N-methyl/N-ethyl adjacent to an activating group) is 1. The molecule has 1 fully saturated rings. The molecule has 3 aromatic rings. The van der Waals surface area contributed by atoms with Gasteiger partial charge in [0.1, 0.15) is 5.82 Å². The first kappa shape index (κ1) is 19.6. The molecule has 0 bridgehead atoms. The summed E-state index contributed by atoms with van der Waals surface area (Å²) in [4.78, 5) is 25.8. The lowest BCUT2D eigenvalue weighted by molar-refractivity contribution is 0.316. The van der Waals surface area contributed by atoms with E-state index in [1.54, 1.807) is 16.8 Å². The Morgan fingerprint density at radius 1 is 1.45 bits per heavy atom. The fraction of sp³-hybridized carbons (Fsp3) is 0.474. The summed E-state index contributed by atoms with van der Waals surface area (Å²) >= 11 is 0.946. The highest BCUT2D eigenvalue weighted by Crippen LogP contribution is 2.22. The first-order valence-electron chi connectivity index (χ1n) is 9.90. The van der Waals surface area contributed by atoms with Crippen LogP contribution in [0.15, 0.2) is 22.1 Å². The third-order valence-electron chi connectivity index (χ3n) is 4.91. The van der Waals surface area contributed by atoms with Gasteiger partial charge in [-0.1, -0.05) is 25.2 Å². The van der Waals surface area contributed by atoms with Crippen LogP contribution in [0.5, 0.6) is 5.88 Å². The Balaban J connectivity index is 1.73. The second-order valence-electron chi connectivity index (χ2n) is 7.02. The highest BCUT2D eigenvalue weighted by Gasteiger charge is 2.20. The van der Waals surface area contributed by atoms with Crippen LogP contribution < -0.4 is 20.9 Å². The van der Waals surface area contributed by atoms with Crippen LogP contribution in [0.3, 0.4) is 0 Å². The maximum absolute atomic E-state index is 11.5. The zero-order valence-corrected chi connectivity index (χ0v) is 17.4. The van der Waals surface area contributed by atoms with E-state index >= 15 is 0 Å². The van der Waals surface area contributed by atoms with Crippen LogP contribution >= 0.6 is 11.3 Å². The van der Waals surface area contributed by atoms with Crippen LogP contribution in [-0.2, 0) is 0 Å². The molecular weight excluding hydrogens is 390 g/mol. The Morgan fingerprint density at radius 2 is 2.24 bits per heavy atom. The summed E-state index contributed by atoms with van der Waals surface area (Å²) in [6.07, 6.45) is 5.59. The molecule has 0 radical (unpaired) electrons. The number of hydrogen-bond donors (Lipinski definition) is 3. The molecule has 1 aliphatic rings. The Bertz CT molecular complexity index is 1170. The molecule has 10 heteroatoms. The van der Waals surface area contributed by atoms with Gasteiger partial charge in [-0.2, -0.15) is 9.61 Å². The predicted octanol–water partition coefficient (Wildman–Crippen LogP) is 0.549. The van der Waals surface area contributed by atoms with Crippen LogP contribution in [0.1, 0.15) is 31.6 Å². The van der Waals surface area contributed by atoms with Gasteiger partial charge < -0.3 is 15.3 Å². The number of nitrogens with one attached hydrogen (secondary N) is 2. The van der Waals surface area contributed by atoms with Gasteiger partial charge in [-0.05, 0) is 32.0 Å². The van der Waals surface area contributed by atoms with Gasteiger partial charge in [0.2, 0.25) is 5.88 Å². The minimum Gasteiger partial charge on any atom is -0.493 e. The van der Waals surface area contributed by atoms with E-state index in [-0.39, 0.29) is 10.8 Å². The number of H-pyrrole nitrogens is 1. The first-order valence-corrected chi connectivity index (χ1v) is 10.7. The van der Waals surface area contributed by atoms with Crippen molar-refractivity contribution < 1.29 is 5.11 Å². The molecule has 0 unspecified atom stereocenters. The molecule has 0 atom stereocenters. The molecule has 154 valence electrons. The topological polar surface area (TPSA) is 111 Å². The summed E-state index contributed by atoms with van der Waals surface area (Å²) < 4.78 is 1.71. The average molecular weight is 416 g/mol. The van der Waals surface area contributed by atoms with Crippen LogP contribution in [0.4, 0.5) is 5.82 Å². The molecule has 0 saturated heterocycles. The van der Waals surface area contributed by atoms with E-state index in [2.05, 4.69) is 34.1 Å². The maximum atomic E-state index is 11.5. The van der Waals surface area contributed by atoms with E-state index in [4.69, 9.17) is 9.98 Å². The lowest BCUT2D eigenvalue weighted by Crippen LogP contribution is -2.29. The van der Waals surface area contributed by atoms with Crippen molar-refractivity contribution in [1.29, 1.82) is 0 Å². The van der Waals surface area contributed by atoms with E-state index in [0.717, 1.165) is 66.9 Å². The molecule has 9 nitrogen and oxygen atoms in total. The Kier molecular flexibility index (Phi) is 5.63. The summed E-state index contributed by atoms with van der Waals surface area (Å²) in [5.74, 6) is 0.599. The number of anilines is 1. The van der Waals surface area contributed by atoms with Crippen molar-refractivity contribution in [2.75, 3.05) is 31.5 Å². The Hall–Kier alpha value is -2.72. The van der Waals surface area contributed by atoms with Gasteiger partial charge in [0.15, 0.2) is 11.1 Å². The molecule has 0 aromatic carbocycles. The predicted molar refractivity (Wildman–Crippen MR) is 113 cm³/mol. The second kappa shape index (κ2) is 8.34. The van der Waals surface area contributed by atoms with Gasteiger partial charge in [0.25, 0.3) is 0 Å². The normalized spacial score (nSPS) is 15.7. The first-order chi connectivity index (χ1) is 14.1. The molecule has 29 heavy (non-hydrogen) atoms. The van der Waals surface area contributed by atoms with Gasteiger partial charge in [0.05, 0.1) is 17.1 Å². The van der Waals surface area contributed by atoms with Crippen LogP contribution in [-0.4, -0.2) is 61.8 Å². The number of fused-ring (bicyclic) bond motifs is 1. The quantitative estimate of drug-likeness (QED) is 0.496. The molecule has 0 spiro atoms. The number of hydrogen-bond acceptors (Lipinski definition) is 8. The highest BCUT2D eigenvalue weighted by atomic mass is 32.1. The Morgan fingerprint density at radius 3 is 2.90 bits per heavy atom. The largest absolute Gasteiger partial charge is 0.493 e. The summed E-state index contributed by atoms with van der Waals surface area (Å²) in [5.41, 5.74) is 1.39. The van der Waals surface area contributed by atoms with Crippen LogP contribution in [0.2, 0.25) is 0 Å². The molecule has 4 rings (SSSR count). The van der Waals surface area contributed by atoms with E-state index in [0.29, 0.717) is 16.6 Å². The molecule has 3 N–H and O–H groups in total. The van der Waals surface area contributed by atoms with Crippen molar-refractivity contribution in [1.82, 2.24) is 24.5 Å². The zero-order chi connectivity index (χ0) is 20.4. The number of thiazole rings is 1. The standard InChI is InChI=1S/C19H25N7O2S/c1-3-25(4-2)8-7-20-15-10-16(22-13-5-6-13)26-17(23-15)12(11-21-26)9-14-18(27)24-19(28)29-14/h9-11,13,20,27H,3-8H2,1-2H3,(H,24,28). The SMILES string of the molecule is CCN(CC)CCNc1cc(=NC2CC2)n2ncc(=Cc3sc(=O)[nH]c3O)c2n1. The third-order valence-corrected chi connectivity index (χ3v) is 5.73. The number of rotatable bonds is 8.